The third-order valence-corrected chi connectivity index (χ3v) is 7.84. The van der Waals surface area contributed by atoms with Crippen molar-refractivity contribution >= 4 is 7.82 Å². The Kier molecular flexibility index (Phi) is 26.5. The fourth-order valence-electron chi connectivity index (χ4n) is 4.22. The van der Waals surface area contributed by atoms with E-state index in [0.29, 0.717) is 43.5 Å². The Labute approximate surface area is 246 Å². The number of likely N-dealkylation sites (N-methyl/N-ethyl adjacent to an activating group) is 1. The summed E-state index contributed by atoms with van der Waals surface area (Å²) in [5, 5.41) is 18.4. The summed E-state index contributed by atoms with van der Waals surface area (Å²) in [5.41, 5.74) is 0. The molecule has 0 bridgehead atoms. The Morgan fingerprint density at radius 2 is 1.25 bits per heavy atom. The first-order valence-corrected chi connectivity index (χ1v) is 17.4. The van der Waals surface area contributed by atoms with Crippen molar-refractivity contribution in [1.29, 1.82) is 0 Å². The summed E-state index contributed by atoms with van der Waals surface area (Å²) < 4.78 is 34.4. The van der Waals surface area contributed by atoms with Crippen LogP contribution in [-0.2, 0) is 23.1 Å². The minimum absolute atomic E-state index is 0.0542. The zero-order valence-electron chi connectivity index (χ0n) is 26.4. The minimum Gasteiger partial charge on any atom is -0.756 e. The molecule has 0 saturated carbocycles. The van der Waals surface area contributed by atoms with E-state index in [1.807, 2.05) is 21.1 Å². The number of phosphoric acid groups is 1. The summed E-state index contributed by atoms with van der Waals surface area (Å²) in [5.74, 6) is 0. The monoisotopic (exact) mass is 597 g/mol. The van der Waals surface area contributed by atoms with E-state index in [9.17, 15) is 14.6 Å². The first-order chi connectivity index (χ1) is 19.1. The van der Waals surface area contributed by atoms with Gasteiger partial charge in [0.25, 0.3) is 7.82 Å². The van der Waals surface area contributed by atoms with Crippen LogP contribution in [0, 0.1) is 0 Å². The number of aliphatic hydroxyl groups is 2. The average molecular weight is 598 g/mol. The molecule has 2 unspecified atom stereocenters. The van der Waals surface area contributed by atoms with Crippen LogP contribution in [0.2, 0.25) is 0 Å². The van der Waals surface area contributed by atoms with E-state index < -0.39 is 20.0 Å². The number of aliphatic hydroxyl groups excluding tert-OH is 2. The van der Waals surface area contributed by atoms with Gasteiger partial charge in [-0.1, -0.05) is 90.4 Å². The number of nitrogens with zero attached hydrogens (tertiary/aromatic N) is 1. The van der Waals surface area contributed by atoms with Crippen LogP contribution in [0.5, 0.6) is 0 Å². The molecule has 0 aliphatic heterocycles. The maximum absolute atomic E-state index is 12.2. The standard InChI is InChI=1S/C30H64NO8P/c1-5-6-7-8-9-10-11-12-13-14-15-16-17-19-23-36-27-30(37-24-20-18-21-29(33)26-32)28-39-40(34,35)38-25-22-31(2,3)4/h29-30,32-33H,5-28H2,1-4H3/t29?,30-/m1/s1. The van der Waals surface area contributed by atoms with Crippen LogP contribution in [0.1, 0.15) is 116 Å². The van der Waals surface area contributed by atoms with E-state index in [4.69, 9.17) is 23.6 Å². The molecule has 242 valence electrons. The second-order valence-electron chi connectivity index (χ2n) is 12.1. The van der Waals surface area contributed by atoms with Crippen molar-refractivity contribution in [1.82, 2.24) is 0 Å². The normalized spacial score (nSPS) is 15.3. The minimum atomic E-state index is -4.43. The summed E-state index contributed by atoms with van der Waals surface area (Å²) in [6.07, 6.45) is 18.9. The van der Waals surface area contributed by atoms with Gasteiger partial charge in [-0.25, -0.2) is 0 Å². The second-order valence-corrected chi connectivity index (χ2v) is 13.5. The lowest BCUT2D eigenvalue weighted by Gasteiger charge is -2.28. The molecule has 40 heavy (non-hydrogen) atoms. The van der Waals surface area contributed by atoms with Crippen LogP contribution in [-0.4, -0.2) is 94.2 Å². The molecule has 2 N–H and O–H groups in total. The molecular weight excluding hydrogens is 533 g/mol. The highest BCUT2D eigenvalue weighted by Gasteiger charge is 2.18. The highest BCUT2D eigenvalue weighted by Crippen LogP contribution is 2.38. The van der Waals surface area contributed by atoms with Crippen LogP contribution in [0.3, 0.4) is 0 Å². The van der Waals surface area contributed by atoms with Crippen molar-refractivity contribution in [2.45, 2.75) is 128 Å². The Bertz CT molecular complexity index is 591. The molecule has 0 fully saturated rings. The van der Waals surface area contributed by atoms with E-state index in [2.05, 4.69) is 6.92 Å². The second kappa shape index (κ2) is 26.5. The van der Waals surface area contributed by atoms with Crippen molar-refractivity contribution < 1.29 is 42.7 Å². The quantitative estimate of drug-likeness (QED) is 0.0603. The largest absolute Gasteiger partial charge is 0.756 e. The lowest BCUT2D eigenvalue weighted by molar-refractivity contribution is -0.870. The van der Waals surface area contributed by atoms with E-state index >= 15 is 0 Å². The van der Waals surface area contributed by atoms with Gasteiger partial charge >= 0.3 is 0 Å². The summed E-state index contributed by atoms with van der Waals surface area (Å²) in [6, 6.07) is 0. The first kappa shape index (κ1) is 39.9. The van der Waals surface area contributed by atoms with Crippen LogP contribution >= 0.6 is 7.82 Å². The Morgan fingerprint density at radius 3 is 1.77 bits per heavy atom. The maximum atomic E-state index is 12.2. The van der Waals surface area contributed by atoms with Gasteiger partial charge in [0.15, 0.2) is 0 Å². The van der Waals surface area contributed by atoms with Gasteiger partial charge < -0.3 is 38.1 Å². The zero-order chi connectivity index (χ0) is 30.0. The average Bonchev–Trinajstić information content (AvgIpc) is 2.89. The first-order valence-electron chi connectivity index (χ1n) is 16.0. The molecule has 0 rings (SSSR count). The summed E-state index contributed by atoms with van der Waals surface area (Å²) >= 11 is 0. The Balaban J connectivity index is 4.06. The molecule has 0 aromatic rings. The van der Waals surface area contributed by atoms with Crippen LogP contribution in [0.25, 0.3) is 0 Å². The van der Waals surface area contributed by atoms with Crippen molar-refractivity contribution in [3.8, 4) is 0 Å². The smallest absolute Gasteiger partial charge is 0.268 e. The van der Waals surface area contributed by atoms with Gasteiger partial charge in [0.1, 0.15) is 19.3 Å². The third-order valence-electron chi connectivity index (χ3n) is 6.87. The zero-order valence-corrected chi connectivity index (χ0v) is 27.3. The van der Waals surface area contributed by atoms with Crippen molar-refractivity contribution in [3.05, 3.63) is 0 Å². The van der Waals surface area contributed by atoms with Gasteiger partial charge in [-0.15, -0.1) is 0 Å². The Hall–Kier alpha value is -0.0900. The third kappa shape index (κ3) is 29.4. The maximum Gasteiger partial charge on any atom is 0.268 e. The van der Waals surface area contributed by atoms with Gasteiger partial charge in [0, 0.05) is 13.2 Å². The molecule has 0 spiro atoms. The molecule has 0 radical (unpaired) electrons. The van der Waals surface area contributed by atoms with Crippen LogP contribution < -0.4 is 4.89 Å². The molecule has 3 atom stereocenters. The summed E-state index contributed by atoms with van der Waals surface area (Å²) in [7, 11) is 1.44. The van der Waals surface area contributed by atoms with Gasteiger partial charge in [0.05, 0.1) is 47.1 Å². The van der Waals surface area contributed by atoms with E-state index in [1.54, 1.807) is 0 Å². The predicted molar refractivity (Wildman–Crippen MR) is 160 cm³/mol. The molecule has 0 aromatic heterocycles. The van der Waals surface area contributed by atoms with E-state index in [1.165, 1.54) is 77.0 Å². The SMILES string of the molecule is CCCCCCCCCCCCCCCCOC[C@H](COP(=O)([O-])OCC[N+](C)(C)C)OCCCCC(O)CO. The molecule has 0 amide bonds. The number of quaternary nitrogens is 1. The van der Waals surface area contributed by atoms with Crippen molar-refractivity contribution in [2.75, 3.05) is 67.3 Å². The topological polar surface area (TPSA) is 118 Å². The lowest BCUT2D eigenvalue weighted by Crippen LogP contribution is -2.37. The number of phosphoric ester groups is 1. The van der Waals surface area contributed by atoms with Crippen molar-refractivity contribution in [3.63, 3.8) is 0 Å². The van der Waals surface area contributed by atoms with Crippen LogP contribution in [0.15, 0.2) is 0 Å². The highest BCUT2D eigenvalue weighted by atomic mass is 31.2. The molecule has 0 saturated heterocycles. The number of rotatable bonds is 31. The number of hydrogen-bond donors (Lipinski definition) is 2. The van der Waals surface area contributed by atoms with Gasteiger partial charge in [-0.2, -0.15) is 0 Å². The highest BCUT2D eigenvalue weighted by molar-refractivity contribution is 7.45. The molecule has 0 aromatic carbocycles. The number of ether oxygens (including phenoxy) is 2. The molecular formula is C30H64NO8P. The number of hydrogen-bond acceptors (Lipinski definition) is 8. The van der Waals surface area contributed by atoms with Crippen LogP contribution in [0.4, 0.5) is 0 Å². The predicted octanol–water partition coefficient (Wildman–Crippen LogP) is 5.60. The molecule has 0 aliphatic rings. The molecule has 10 heteroatoms. The lowest BCUT2D eigenvalue weighted by atomic mass is 10.0. The molecule has 0 heterocycles. The summed E-state index contributed by atoms with van der Waals surface area (Å²) in [6.45, 7) is 3.68. The summed E-state index contributed by atoms with van der Waals surface area (Å²) in [4.78, 5) is 12.2. The Morgan fingerprint density at radius 1 is 0.725 bits per heavy atom. The van der Waals surface area contributed by atoms with E-state index in [-0.39, 0.29) is 26.4 Å². The van der Waals surface area contributed by atoms with Gasteiger partial charge in [0.2, 0.25) is 0 Å². The fraction of sp³-hybridized carbons (Fsp3) is 1.00. The fourth-order valence-corrected chi connectivity index (χ4v) is 4.95. The van der Waals surface area contributed by atoms with Gasteiger partial charge in [-0.3, -0.25) is 4.57 Å². The molecule has 0 aliphatic carbocycles. The van der Waals surface area contributed by atoms with Gasteiger partial charge in [-0.05, 0) is 25.7 Å². The molecule has 9 nitrogen and oxygen atoms in total. The number of unbranched alkanes of at least 4 members (excludes halogenated alkanes) is 14. The van der Waals surface area contributed by atoms with E-state index in [0.717, 1.165) is 12.8 Å². The van der Waals surface area contributed by atoms with Crippen molar-refractivity contribution in [2.24, 2.45) is 0 Å².